The summed E-state index contributed by atoms with van der Waals surface area (Å²) in [5.74, 6) is 1.34. The van der Waals surface area contributed by atoms with Crippen LogP contribution in [0.3, 0.4) is 0 Å². The van der Waals surface area contributed by atoms with E-state index in [2.05, 4.69) is 10.1 Å². The van der Waals surface area contributed by atoms with Crippen molar-refractivity contribution in [3.63, 3.8) is 0 Å². The molecule has 1 aromatic heterocycles. The van der Waals surface area contributed by atoms with E-state index in [9.17, 15) is 10.1 Å². The molecule has 106 valence electrons. The van der Waals surface area contributed by atoms with Gasteiger partial charge in [0.25, 0.3) is 5.89 Å². The maximum absolute atomic E-state index is 11.0. The predicted octanol–water partition coefficient (Wildman–Crippen LogP) is 2.13. The average molecular weight is 279 g/mol. The van der Waals surface area contributed by atoms with Crippen molar-refractivity contribution in [3.05, 3.63) is 40.0 Å². The Morgan fingerprint density at radius 2 is 2.25 bits per heavy atom. The maximum atomic E-state index is 11.0. The molecule has 0 aliphatic carbocycles. The van der Waals surface area contributed by atoms with Crippen LogP contribution in [-0.2, 0) is 13.0 Å². The molecule has 0 aliphatic rings. The molecule has 2 rings (SSSR count). The molecule has 8 heteroatoms. The second-order valence-corrected chi connectivity index (χ2v) is 3.84. The molecule has 1 heterocycles. The van der Waals surface area contributed by atoms with Crippen molar-refractivity contribution in [1.29, 1.82) is 0 Å². The number of nitro groups is 1. The number of hydrogen-bond acceptors (Lipinski definition) is 7. The van der Waals surface area contributed by atoms with Crippen molar-refractivity contribution >= 4 is 5.69 Å². The maximum Gasteiger partial charge on any atom is 0.314 e. The molecule has 2 aromatic rings. The summed E-state index contributed by atoms with van der Waals surface area (Å²) in [5, 5.41) is 14.7. The third-order valence-electron chi connectivity index (χ3n) is 2.54. The Balaban J connectivity index is 2.14. The molecule has 0 bridgehead atoms. The fourth-order valence-corrected chi connectivity index (χ4v) is 1.52. The van der Waals surface area contributed by atoms with E-state index in [1.54, 1.807) is 6.07 Å². The van der Waals surface area contributed by atoms with Gasteiger partial charge in [0.15, 0.2) is 18.2 Å². The third kappa shape index (κ3) is 3.02. The van der Waals surface area contributed by atoms with Gasteiger partial charge in [-0.15, -0.1) is 0 Å². The second kappa shape index (κ2) is 6.00. The zero-order chi connectivity index (χ0) is 14.5. The van der Waals surface area contributed by atoms with Crippen LogP contribution in [0.5, 0.6) is 11.5 Å². The molecule has 0 N–H and O–H groups in total. The molecule has 0 saturated carbocycles. The molecule has 0 unspecified atom stereocenters. The normalized spacial score (nSPS) is 10.3. The monoisotopic (exact) mass is 279 g/mol. The van der Waals surface area contributed by atoms with Gasteiger partial charge in [-0.05, 0) is 12.1 Å². The molecule has 0 radical (unpaired) electrons. The van der Waals surface area contributed by atoms with Gasteiger partial charge < -0.3 is 14.0 Å². The standard InChI is InChI=1S/C12H13N3O5/c1-3-11-13-12(20-14-11)7-19-10-5-4-8(18-2)6-9(10)15(16)17/h4-6H,3,7H2,1-2H3. The Morgan fingerprint density at radius 3 is 2.85 bits per heavy atom. The number of ether oxygens (including phenoxy) is 2. The minimum atomic E-state index is -0.539. The summed E-state index contributed by atoms with van der Waals surface area (Å²) >= 11 is 0. The fraction of sp³-hybridized carbons (Fsp3) is 0.333. The summed E-state index contributed by atoms with van der Waals surface area (Å²) in [4.78, 5) is 14.5. The van der Waals surface area contributed by atoms with Crippen molar-refractivity contribution in [3.8, 4) is 11.5 Å². The van der Waals surface area contributed by atoms with Gasteiger partial charge in [0, 0.05) is 6.42 Å². The first-order chi connectivity index (χ1) is 9.63. The van der Waals surface area contributed by atoms with Gasteiger partial charge >= 0.3 is 5.69 Å². The average Bonchev–Trinajstić information content (AvgIpc) is 2.92. The summed E-state index contributed by atoms with van der Waals surface area (Å²) in [5.41, 5.74) is -0.181. The summed E-state index contributed by atoms with van der Waals surface area (Å²) in [7, 11) is 1.43. The van der Waals surface area contributed by atoms with Crippen molar-refractivity contribution < 1.29 is 18.9 Å². The van der Waals surface area contributed by atoms with E-state index in [1.165, 1.54) is 19.2 Å². The first-order valence-corrected chi connectivity index (χ1v) is 5.90. The Bertz CT molecular complexity index is 611. The lowest BCUT2D eigenvalue weighted by molar-refractivity contribution is -0.386. The minimum Gasteiger partial charge on any atom is -0.496 e. The topological polar surface area (TPSA) is 101 Å². The number of rotatable bonds is 6. The predicted molar refractivity (Wildman–Crippen MR) is 67.7 cm³/mol. The third-order valence-corrected chi connectivity index (χ3v) is 2.54. The number of hydrogen-bond donors (Lipinski definition) is 0. The summed E-state index contributed by atoms with van der Waals surface area (Å²) < 4.78 is 15.2. The van der Waals surface area contributed by atoms with E-state index < -0.39 is 4.92 Å². The van der Waals surface area contributed by atoms with E-state index in [0.717, 1.165) is 0 Å². The van der Waals surface area contributed by atoms with E-state index in [0.29, 0.717) is 18.0 Å². The number of methoxy groups -OCH3 is 1. The Kier molecular flexibility index (Phi) is 4.14. The first kappa shape index (κ1) is 13.8. The highest BCUT2D eigenvalue weighted by Gasteiger charge is 2.17. The molecule has 1 aromatic carbocycles. The van der Waals surface area contributed by atoms with Crippen LogP contribution in [0.2, 0.25) is 0 Å². The number of aryl methyl sites for hydroxylation is 1. The highest BCUT2D eigenvalue weighted by atomic mass is 16.6. The van der Waals surface area contributed by atoms with Crippen molar-refractivity contribution in [2.45, 2.75) is 20.0 Å². The van der Waals surface area contributed by atoms with Crippen LogP contribution in [0.4, 0.5) is 5.69 Å². The fourth-order valence-electron chi connectivity index (χ4n) is 1.52. The Hall–Kier alpha value is -2.64. The van der Waals surface area contributed by atoms with Gasteiger partial charge in [-0.25, -0.2) is 0 Å². The lowest BCUT2D eigenvalue weighted by atomic mass is 10.3. The number of aromatic nitrogens is 2. The lowest BCUT2D eigenvalue weighted by Crippen LogP contribution is -2.00. The largest absolute Gasteiger partial charge is 0.496 e. The zero-order valence-corrected chi connectivity index (χ0v) is 11.0. The van der Waals surface area contributed by atoms with Crippen LogP contribution in [0.15, 0.2) is 22.7 Å². The minimum absolute atomic E-state index is 0.0276. The lowest BCUT2D eigenvalue weighted by Gasteiger charge is -2.05. The SMILES string of the molecule is CCc1noc(COc2ccc(OC)cc2[N+](=O)[O-])n1. The van der Waals surface area contributed by atoms with E-state index in [1.807, 2.05) is 6.92 Å². The van der Waals surface area contributed by atoms with Crippen LogP contribution in [-0.4, -0.2) is 22.2 Å². The van der Waals surface area contributed by atoms with Crippen molar-refractivity contribution in [1.82, 2.24) is 10.1 Å². The molecular weight excluding hydrogens is 266 g/mol. The quantitative estimate of drug-likeness (QED) is 0.589. The Labute approximate surface area is 114 Å². The molecule has 0 atom stereocenters. The van der Waals surface area contributed by atoms with Gasteiger partial charge in [0.1, 0.15) is 5.75 Å². The summed E-state index contributed by atoms with van der Waals surface area (Å²) in [6.45, 7) is 1.87. The second-order valence-electron chi connectivity index (χ2n) is 3.84. The van der Waals surface area contributed by atoms with Crippen LogP contribution in [0, 0.1) is 10.1 Å². The molecule has 8 nitrogen and oxygen atoms in total. The van der Waals surface area contributed by atoms with Crippen LogP contribution >= 0.6 is 0 Å². The molecule has 0 spiro atoms. The Morgan fingerprint density at radius 1 is 1.45 bits per heavy atom. The highest BCUT2D eigenvalue weighted by molar-refractivity contribution is 5.50. The van der Waals surface area contributed by atoms with Gasteiger partial charge in [-0.1, -0.05) is 12.1 Å². The van der Waals surface area contributed by atoms with E-state index >= 15 is 0 Å². The van der Waals surface area contributed by atoms with Crippen molar-refractivity contribution in [2.75, 3.05) is 7.11 Å². The molecule has 0 saturated heterocycles. The number of nitrogens with zero attached hydrogens (tertiary/aromatic N) is 3. The number of benzene rings is 1. The van der Waals surface area contributed by atoms with Crippen LogP contribution in [0.1, 0.15) is 18.6 Å². The molecule has 0 fully saturated rings. The van der Waals surface area contributed by atoms with Crippen LogP contribution in [0.25, 0.3) is 0 Å². The van der Waals surface area contributed by atoms with Crippen LogP contribution < -0.4 is 9.47 Å². The highest BCUT2D eigenvalue weighted by Crippen LogP contribution is 2.31. The molecular formula is C12H13N3O5. The molecule has 0 aliphatic heterocycles. The zero-order valence-electron chi connectivity index (χ0n) is 11.0. The van der Waals surface area contributed by atoms with Gasteiger partial charge in [-0.2, -0.15) is 4.98 Å². The molecule has 0 amide bonds. The summed E-state index contributed by atoms with van der Waals surface area (Å²) in [6, 6.07) is 4.34. The van der Waals surface area contributed by atoms with Gasteiger partial charge in [-0.3, -0.25) is 10.1 Å². The molecule has 20 heavy (non-hydrogen) atoms. The van der Waals surface area contributed by atoms with Gasteiger partial charge in [0.2, 0.25) is 0 Å². The van der Waals surface area contributed by atoms with Gasteiger partial charge in [0.05, 0.1) is 18.1 Å². The van der Waals surface area contributed by atoms with E-state index in [4.69, 9.17) is 14.0 Å². The van der Waals surface area contributed by atoms with Crippen molar-refractivity contribution in [2.24, 2.45) is 0 Å². The summed E-state index contributed by atoms with van der Waals surface area (Å²) in [6.07, 6.45) is 0.645. The number of nitro benzene ring substituents is 1. The smallest absolute Gasteiger partial charge is 0.314 e. The first-order valence-electron chi connectivity index (χ1n) is 5.90. The van der Waals surface area contributed by atoms with E-state index in [-0.39, 0.29) is 23.9 Å².